The van der Waals surface area contributed by atoms with Crippen LogP contribution in [0.5, 0.6) is 0 Å². The van der Waals surface area contributed by atoms with Crippen molar-refractivity contribution in [2.45, 2.75) is 26.4 Å². The van der Waals surface area contributed by atoms with Gasteiger partial charge < -0.3 is 15.1 Å². The molecule has 0 radical (unpaired) electrons. The van der Waals surface area contributed by atoms with E-state index in [9.17, 15) is 14.4 Å². The molecule has 0 bridgehead atoms. The molecule has 1 atom stereocenters. The van der Waals surface area contributed by atoms with Crippen LogP contribution in [-0.4, -0.2) is 51.7 Å². The highest BCUT2D eigenvalue weighted by Crippen LogP contribution is 2.27. The lowest BCUT2D eigenvalue weighted by Crippen LogP contribution is -2.57. The number of carbonyl (C=O) groups is 3. The Balaban J connectivity index is 1.42. The van der Waals surface area contributed by atoms with Gasteiger partial charge in [-0.3, -0.25) is 14.4 Å². The summed E-state index contributed by atoms with van der Waals surface area (Å²) in [6.45, 7) is 4.47. The molecule has 2 aliphatic heterocycles. The van der Waals surface area contributed by atoms with E-state index < -0.39 is 0 Å². The Hall–Kier alpha value is -2.80. The fraction of sp³-hybridized carbons (Fsp3) is 0.318. The quantitative estimate of drug-likeness (QED) is 0.843. The molecule has 0 saturated carbocycles. The third-order valence-corrected chi connectivity index (χ3v) is 6.36. The number of hydrogen-bond acceptors (Lipinski definition) is 4. The molecule has 7 heteroatoms. The van der Waals surface area contributed by atoms with Gasteiger partial charge in [-0.1, -0.05) is 29.8 Å². The van der Waals surface area contributed by atoms with Gasteiger partial charge in [-0.15, -0.1) is 11.8 Å². The van der Waals surface area contributed by atoms with Crippen LogP contribution in [0.2, 0.25) is 0 Å². The number of amides is 3. The van der Waals surface area contributed by atoms with Crippen molar-refractivity contribution >= 4 is 35.2 Å². The maximum Gasteiger partial charge on any atom is 0.255 e. The molecule has 2 heterocycles. The van der Waals surface area contributed by atoms with Gasteiger partial charge in [0.05, 0.1) is 5.88 Å². The molecular formula is C22H23N3O3S. The molecule has 2 aromatic carbocycles. The second-order valence-electron chi connectivity index (χ2n) is 7.54. The molecule has 3 amide bonds. The van der Waals surface area contributed by atoms with Crippen molar-refractivity contribution in [3.8, 4) is 0 Å². The SMILES string of the molecule is Cc1ccc(NC(=O)c2ccc(CN3CC(=O)N4CSC[C@H]4C3=O)cc2)c(C)c1. The molecule has 29 heavy (non-hydrogen) atoms. The van der Waals surface area contributed by atoms with Crippen LogP contribution in [0.15, 0.2) is 42.5 Å². The van der Waals surface area contributed by atoms with Crippen molar-refractivity contribution in [3.05, 3.63) is 64.7 Å². The first-order valence-corrected chi connectivity index (χ1v) is 10.7. The van der Waals surface area contributed by atoms with Gasteiger partial charge in [0, 0.05) is 23.5 Å². The number of anilines is 1. The van der Waals surface area contributed by atoms with Crippen molar-refractivity contribution in [1.29, 1.82) is 0 Å². The minimum Gasteiger partial charge on any atom is -0.327 e. The Morgan fingerprint density at radius 3 is 2.62 bits per heavy atom. The molecule has 4 rings (SSSR count). The van der Waals surface area contributed by atoms with Crippen LogP contribution >= 0.6 is 11.8 Å². The second-order valence-corrected chi connectivity index (χ2v) is 8.54. The lowest BCUT2D eigenvalue weighted by atomic mass is 10.1. The Kier molecular flexibility index (Phi) is 5.32. The molecular weight excluding hydrogens is 386 g/mol. The van der Waals surface area contributed by atoms with E-state index in [1.807, 2.05) is 44.2 Å². The molecule has 0 spiro atoms. The standard InChI is InChI=1S/C22H23N3O3S/c1-14-3-8-18(15(2)9-14)23-21(27)17-6-4-16(5-7-17)10-24-11-20(26)25-13-29-12-19(25)22(24)28/h3-9,19H,10-13H2,1-2H3,(H,23,27)/t19-/m0/s1. The van der Waals surface area contributed by atoms with Crippen molar-refractivity contribution in [2.75, 3.05) is 23.5 Å². The zero-order valence-corrected chi connectivity index (χ0v) is 17.3. The fourth-order valence-corrected chi connectivity index (χ4v) is 4.87. The Labute approximate surface area is 174 Å². The van der Waals surface area contributed by atoms with E-state index in [2.05, 4.69) is 5.32 Å². The van der Waals surface area contributed by atoms with E-state index in [0.717, 1.165) is 22.4 Å². The predicted molar refractivity (Wildman–Crippen MR) is 114 cm³/mol. The van der Waals surface area contributed by atoms with Crippen LogP contribution < -0.4 is 5.32 Å². The average molecular weight is 410 g/mol. The molecule has 2 aromatic rings. The lowest BCUT2D eigenvalue weighted by molar-refractivity contribution is -0.153. The maximum atomic E-state index is 12.6. The minimum atomic E-state index is -0.330. The van der Waals surface area contributed by atoms with E-state index in [1.165, 1.54) is 0 Å². The summed E-state index contributed by atoms with van der Waals surface area (Å²) in [6, 6.07) is 12.7. The van der Waals surface area contributed by atoms with Gasteiger partial charge in [-0.25, -0.2) is 0 Å². The van der Waals surface area contributed by atoms with E-state index in [-0.39, 0.29) is 30.3 Å². The summed E-state index contributed by atoms with van der Waals surface area (Å²) < 4.78 is 0. The minimum absolute atomic E-state index is 0.00376. The van der Waals surface area contributed by atoms with Gasteiger partial charge >= 0.3 is 0 Å². The first kappa shape index (κ1) is 19.5. The number of benzene rings is 2. The Morgan fingerprint density at radius 1 is 1.14 bits per heavy atom. The lowest BCUT2D eigenvalue weighted by Gasteiger charge is -2.35. The molecule has 2 fully saturated rings. The molecule has 0 aliphatic carbocycles. The highest BCUT2D eigenvalue weighted by Gasteiger charge is 2.42. The summed E-state index contributed by atoms with van der Waals surface area (Å²) in [5.41, 5.74) is 4.40. The van der Waals surface area contributed by atoms with Crippen LogP contribution in [0.25, 0.3) is 0 Å². The number of aryl methyl sites for hydroxylation is 2. The molecule has 0 unspecified atom stereocenters. The van der Waals surface area contributed by atoms with Crippen LogP contribution in [0.1, 0.15) is 27.0 Å². The van der Waals surface area contributed by atoms with Gasteiger partial charge in [-0.2, -0.15) is 0 Å². The number of piperazine rings is 1. The highest BCUT2D eigenvalue weighted by molar-refractivity contribution is 7.99. The molecule has 2 aliphatic rings. The largest absolute Gasteiger partial charge is 0.327 e. The zero-order chi connectivity index (χ0) is 20.5. The van der Waals surface area contributed by atoms with E-state index in [1.54, 1.807) is 33.7 Å². The number of fused-ring (bicyclic) bond motifs is 1. The Bertz CT molecular complexity index is 974. The van der Waals surface area contributed by atoms with Crippen LogP contribution in [0.4, 0.5) is 5.69 Å². The summed E-state index contributed by atoms with van der Waals surface area (Å²) in [7, 11) is 0. The summed E-state index contributed by atoms with van der Waals surface area (Å²) in [4.78, 5) is 40.7. The van der Waals surface area contributed by atoms with Gasteiger partial charge in [-0.05, 0) is 43.2 Å². The van der Waals surface area contributed by atoms with E-state index >= 15 is 0 Å². The summed E-state index contributed by atoms with van der Waals surface area (Å²) in [6.07, 6.45) is 0. The van der Waals surface area contributed by atoms with Gasteiger partial charge in [0.2, 0.25) is 11.8 Å². The molecule has 6 nitrogen and oxygen atoms in total. The molecule has 0 aromatic heterocycles. The monoisotopic (exact) mass is 409 g/mol. The van der Waals surface area contributed by atoms with Crippen molar-refractivity contribution in [3.63, 3.8) is 0 Å². The van der Waals surface area contributed by atoms with E-state index in [4.69, 9.17) is 0 Å². The van der Waals surface area contributed by atoms with Crippen LogP contribution in [0.3, 0.4) is 0 Å². The number of rotatable bonds is 4. The summed E-state index contributed by atoms with van der Waals surface area (Å²) >= 11 is 1.62. The number of carbonyl (C=O) groups excluding carboxylic acids is 3. The molecule has 1 N–H and O–H groups in total. The summed E-state index contributed by atoms with van der Waals surface area (Å²) in [5, 5.41) is 2.94. The highest BCUT2D eigenvalue weighted by atomic mass is 32.2. The van der Waals surface area contributed by atoms with E-state index in [0.29, 0.717) is 23.7 Å². The topological polar surface area (TPSA) is 69.7 Å². The third kappa shape index (κ3) is 4.00. The van der Waals surface area contributed by atoms with Crippen molar-refractivity contribution in [2.24, 2.45) is 0 Å². The zero-order valence-electron chi connectivity index (χ0n) is 16.5. The number of hydrogen-bond donors (Lipinski definition) is 1. The molecule has 2 saturated heterocycles. The maximum absolute atomic E-state index is 12.6. The third-order valence-electron chi connectivity index (χ3n) is 5.35. The number of thioether (sulfide) groups is 1. The smallest absolute Gasteiger partial charge is 0.255 e. The van der Waals surface area contributed by atoms with Gasteiger partial charge in [0.25, 0.3) is 5.91 Å². The number of nitrogens with one attached hydrogen (secondary N) is 1. The molecule has 150 valence electrons. The second kappa shape index (κ2) is 7.91. The van der Waals surface area contributed by atoms with Gasteiger partial charge in [0.1, 0.15) is 12.6 Å². The summed E-state index contributed by atoms with van der Waals surface area (Å²) in [5.74, 6) is 1.10. The Morgan fingerprint density at radius 2 is 1.90 bits per heavy atom. The average Bonchev–Trinajstić information content (AvgIpc) is 3.19. The normalized spacial score (nSPS) is 18.8. The van der Waals surface area contributed by atoms with Crippen LogP contribution in [0, 0.1) is 13.8 Å². The fourth-order valence-electron chi connectivity index (χ4n) is 3.70. The first-order valence-electron chi connectivity index (χ1n) is 9.56. The first-order chi connectivity index (χ1) is 13.9. The van der Waals surface area contributed by atoms with Crippen molar-refractivity contribution in [1.82, 2.24) is 9.80 Å². The van der Waals surface area contributed by atoms with Crippen molar-refractivity contribution < 1.29 is 14.4 Å². The predicted octanol–water partition coefficient (Wildman–Crippen LogP) is 2.80. The number of nitrogens with zero attached hydrogens (tertiary/aromatic N) is 2. The van der Waals surface area contributed by atoms with Crippen LogP contribution in [-0.2, 0) is 16.1 Å². The van der Waals surface area contributed by atoms with Gasteiger partial charge in [0.15, 0.2) is 0 Å².